The Labute approximate surface area is 83.3 Å². The van der Waals surface area contributed by atoms with Gasteiger partial charge < -0.3 is 10.2 Å². The van der Waals surface area contributed by atoms with Crippen molar-refractivity contribution in [2.24, 2.45) is 0 Å². The Bertz CT molecular complexity index is 312. The Morgan fingerprint density at radius 3 is 3.08 bits per heavy atom. The summed E-state index contributed by atoms with van der Waals surface area (Å²) in [4.78, 5) is 3.63. The highest BCUT2D eigenvalue weighted by Crippen LogP contribution is 2.31. The van der Waals surface area contributed by atoms with Crippen LogP contribution in [0.1, 0.15) is 0 Å². The summed E-state index contributed by atoms with van der Waals surface area (Å²) in [6, 6.07) is 6.57. The van der Waals surface area contributed by atoms with Crippen LogP contribution in [0.3, 0.4) is 0 Å². The van der Waals surface area contributed by atoms with E-state index in [4.69, 9.17) is 0 Å². The van der Waals surface area contributed by atoms with Gasteiger partial charge in [0.1, 0.15) is 0 Å². The molecule has 3 heteroatoms. The predicted molar refractivity (Wildman–Crippen MR) is 60.0 cm³/mol. The largest absolute Gasteiger partial charge is 0.382 e. The van der Waals surface area contributed by atoms with Crippen molar-refractivity contribution in [3.05, 3.63) is 18.2 Å². The fourth-order valence-corrected chi connectivity index (χ4v) is 2.02. The Balaban J connectivity index is 2.41. The minimum absolute atomic E-state index is 1.04. The first kappa shape index (κ1) is 8.75. The van der Waals surface area contributed by atoms with E-state index in [1.165, 1.54) is 16.3 Å². The predicted octanol–water partition coefficient (Wildman–Crippen LogP) is 2.27. The molecule has 2 rings (SSSR count). The van der Waals surface area contributed by atoms with E-state index in [0.717, 1.165) is 13.1 Å². The molecule has 0 bridgehead atoms. The fourth-order valence-electron chi connectivity index (χ4n) is 1.58. The van der Waals surface area contributed by atoms with Gasteiger partial charge in [-0.25, -0.2) is 0 Å². The molecule has 0 atom stereocenters. The number of benzene rings is 1. The molecule has 0 aliphatic carbocycles. The topological polar surface area (TPSA) is 15.3 Å². The summed E-state index contributed by atoms with van der Waals surface area (Å²) in [7, 11) is 2.14. The maximum absolute atomic E-state index is 3.39. The molecule has 0 unspecified atom stereocenters. The van der Waals surface area contributed by atoms with Crippen molar-refractivity contribution in [1.29, 1.82) is 0 Å². The van der Waals surface area contributed by atoms with E-state index in [1.807, 2.05) is 0 Å². The van der Waals surface area contributed by atoms with E-state index in [0.29, 0.717) is 0 Å². The molecule has 0 amide bonds. The summed E-state index contributed by atoms with van der Waals surface area (Å²) in [6.07, 6.45) is 2.11. The zero-order chi connectivity index (χ0) is 9.26. The lowest BCUT2D eigenvalue weighted by atomic mass is 10.2. The SMILES string of the molecule is CSc1ccc2c(c1)N(C)CCN2. The summed E-state index contributed by atoms with van der Waals surface area (Å²) < 4.78 is 0. The number of nitrogens with one attached hydrogen (secondary N) is 1. The van der Waals surface area contributed by atoms with Gasteiger partial charge in [0.15, 0.2) is 0 Å². The smallest absolute Gasteiger partial charge is 0.0611 e. The average Bonchev–Trinajstić information content (AvgIpc) is 2.18. The molecule has 0 fully saturated rings. The lowest BCUT2D eigenvalue weighted by Crippen LogP contribution is -2.30. The van der Waals surface area contributed by atoms with Crippen LogP contribution in [0.4, 0.5) is 11.4 Å². The van der Waals surface area contributed by atoms with Crippen LogP contribution in [-0.2, 0) is 0 Å². The molecule has 0 spiro atoms. The molecule has 1 aromatic carbocycles. The first-order valence-electron chi connectivity index (χ1n) is 4.44. The molecule has 1 aromatic rings. The minimum atomic E-state index is 1.04. The minimum Gasteiger partial charge on any atom is -0.382 e. The van der Waals surface area contributed by atoms with Gasteiger partial charge in [-0.05, 0) is 24.5 Å². The zero-order valence-electron chi connectivity index (χ0n) is 8.00. The van der Waals surface area contributed by atoms with Crippen molar-refractivity contribution in [3.8, 4) is 0 Å². The van der Waals surface area contributed by atoms with Crippen LogP contribution in [0.15, 0.2) is 23.1 Å². The van der Waals surface area contributed by atoms with Crippen LogP contribution < -0.4 is 10.2 Å². The fraction of sp³-hybridized carbons (Fsp3) is 0.400. The van der Waals surface area contributed by atoms with Gasteiger partial charge in [-0.2, -0.15) is 0 Å². The van der Waals surface area contributed by atoms with Crippen LogP contribution in [-0.4, -0.2) is 26.4 Å². The molecule has 13 heavy (non-hydrogen) atoms. The molecule has 0 saturated heterocycles. The second kappa shape index (κ2) is 3.50. The van der Waals surface area contributed by atoms with Crippen LogP contribution in [0.25, 0.3) is 0 Å². The molecule has 2 nitrogen and oxygen atoms in total. The summed E-state index contributed by atoms with van der Waals surface area (Å²) >= 11 is 1.79. The van der Waals surface area contributed by atoms with Crippen LogP contribution >= 0.6 is 11.8 Å². The number of rotatable bonds is 1. The number of anilines is 2. The van der Waals surface area contributed by atoms with E-state index in [-0.39, 0.29) is 0 Å². The highest BCUT2D eigenvalue weighted by molar-refractivity contribution is 7.98. The van der Waals surface area contributed by atoms with Crippen LogP contribution in [0.2, 0.25) is 0 Å². The molecule has 0 aromatic heterocycles. The molecule has 1 aliphatic rings. The monoisotopic (exact) mass is 194 g/mol. The highest BCUT2D eigenvalue weighted by Gasteiger charge is 2.12. The van der Waals surface area contributed by atoms with Crippen molar-refractivity contribution in [2.45, 2.75) is 4.90 Å². The first-order valence-corrected chi connectivity index (χ1v) is 5.67. The van der Waals surface area contributed by atoms with Gasteiger partial charge in [-0.3, -0.25) is 0 Å². The van der Waals surface area contributed by atoms with Gasteiger partial charge in [-0.15, -0.1) is 11.8 Å². The third-order valence-electron chi connectivity index (χ3n) is 2.38. The van der Waals surface area contributed by atoms with Crippen LogP contribution in [0, 0.1) is 0 Å². The van der Waals surface area contributed by atoms with Crippen molar-refractivity contribution in [3.63, 3.8) is 0 Å². The quantitative estimate of drug-likeness (QED) is 0.690. The first-order chi connectivity index (χ1) is 6.31. The van der Waals surface area contributed by atoms with E-state index >= 15 is 0 Å². The summed E-state index contributed by atoms with van der Waals surface area (Å²) in [5, 5.41) is 3.39. The van der Waals surface area contributed by atoms with Gasteiger partial charge in [0.25, 0.3) is 0 Å². The zero-order valence-corrected chi connectivity index (χ0v) is 8.82. The summed E-state index contributed by atoms with van der Waals surface area (Å²) in [6.45, 7) is 2.13. The highest BCUT2D eigenvalue weighted by atomic mass is 32.2. The number of nitrogens with zero attached hydrogens (tertiary/aromatic N) is 1. The lowest BCUT2D eigenvalue weighted by molar-refractivity contribution is 0.884. The normalized spacial score (nSPS) is 15.1. The van der Waals surface area contributed by atoms with Gasteiger partial charge in [-0.1, -0.05) is 0 Å². The van der Waals surface area contributed by atoms with Gasteiger partial charge in [0.05, 0.1) is 11.4 Å². The summed E-state index contributed by atoms with van der Waals surface area (Å²) in [5.74, 6) is 0. The van der Waals surface area contributed by atoms with E-state index in [2.05, 4.69) is 41.7 Å². The average molecular weight is 194 g/mol. The number of hydrogen-bond donors (Lipinski definition) is 1. The van der Waals surface area contributed by atoms with Gasteiger partial charge in [0, 0.05) is 25.0 Å². The third-order valence-corrected chi connectivity index (χ3v) is 3.10. The Morgan fingerprint density at radius 1 is 1.46 bits per heavy atom. The van der Waals surface area contributed by atoms with Crippen molar-refractivity contribution >= 4 is 23.1 Å². The second-order valence-corrected chi connectivity index (χ2v) is 4.11. The van der Waals surface area contributed by atoms with Crippen molar-refractivity contribution in [1.82, 2.24) is 0 Å². The van der Waals surface area contributed by atoms with Gasteiger partial charge >= 0.3 is 0 Å². The number of likely N-dealkylation sites (N-methyl/N-ethyl adjacent to an activating group) is 1. The lowest BCUT2D eigenvalue weighted by Gasteiger charge is -2.28. The molecule has 1 N–H and O–H groups in total. The molecular formula is C10H14N2S. The molecule has 1 heterocycles. The Kier molecular flexibility index (Phi) is 2.36. The summed E-state index contributed by atoms with van der Waals surface area (Å²) in [5.41, 5.74) is 2.57. The van der Waals surface area contributed by atoms with E-state index in [9.17, 15) is 0 Å². The van der Waals surface area contributed by atoms with E-state index in [1.54, 1.807) is 11.8 Å². The molecule has 0 radical (unpaired) electrons. The molecule has 70 valence electrons. The third kappa shape index (κ3) is 1.61. The molecule has 1 aliphatic heterocycles. The molecular weight excluding hydrogens is 180 g/mol. The number of fused-ring (bicyclic) bond motifs is 1. The maximum Gasteiger partial charge on any atom is 0.0611 e. The van der Waals surface area contributed by atoms with Gasteiger partial charge in [0.2, 0.25) is 0 Å². The van der Waals surface area contributed by atoms with Crippen molar-refractivity contribution in [2.75, 3.05) is 36.6 Å². The standard InChI is InChI=1S/C10H14N2S/c1-12-6-5-11-9-4-3-8(13-2)7-10(9)12/h3-4,7,11H,5-6H2,1-2H3. The Morgan fingerprint density at radius 2 is 2.31 bits per heavy atom. The number of thioether (sulfide) groups is 1. The van der Waals surface area contributed by atoms with E-state index < -0.39 is 0 Å². The maximum atomic E-state index is 3.39. The van der Waals surface area contributed by atoms with Crippen LogP contribution in [0.5, 0.6) is 0 Å². The molecule has 0 saturated carbocycles. The van der Waals surface area contributed by atoms with Crippen molar-refractivity contribution < 1.29 is 0 Å². The Hall–Kier alpha value is -0.830. The second-order valence-electron chi connectivity index (χ2n) is 3.23. The number of hydrogen-bond acceptors (Lipinski definition) is 3.